The van der Waals surface area contributed by atoms with Crippen LogP contribution in [0.1, 0.15) is 59.3 Å². The monoisotopic (exact) mass is 765 g/mol. The zero-order chi connectivity index (χ0) is 37.1. The largest absolute Gasteiger partial charge is 0.496 e. The van der Waals surface area contributed by atoms with E-state index in [0.717, 1.165) is 82.1 Å². The molecule has 270 valence electrons. The highest BCUT2D eigenvalue weighted by Gasteiger charge is 2.32. The van der Waals surface area contributed by atoms with Gasteiger partial charge < -0.3 is 23.7 Å². The summed E-state index contributed by atoms with van der Waals surface area (Å²) in [7, 11) is 5.13. The summed E-state index contributed by atoms with van der Waals surface area (Å²) in [6.45, 7) is 8.69. The molecule has 2 aromatic carbocycles. The second-order valence-corrected chi connectivity index (χ2v) is 14.3. The Morgan fingerprint density at radius 3 is 2.37 bits per heavy atom. The number of hydrogen-bond donors (Lipinski definition) is 0. The third kappa shape index (κ3) is 7.50. The van der Waals surface area contributed by atoms with Crippen molar-refractivity contribution in [3.8, 4) is 34.4 Å². The first-order chi connectivity index (χ1) is 25.0. The molecule has 6 rings (SSSR count). The normalized spacial score (nSPS) is 16.6. The molecule has 11 heteroatoms. The first-order valence-electron chi connectivity index (χ1n) is 17.5. The Hall–Kier alpha value is -4.92. The molecule has 1 amide bonds. The molecule has 0 N–H and O–H groups in total. The number of nitriles is 1. The lowest BCUT2D eigenvalue weighted by molar-refractivity contribution is -0.129. The number of nitrogens with zero attached hydrogens (tertiary/aromatic N) is 5. The van der Waals surface area contributed by atoms with Gasteiger partial charge in [0.05, 0.1) is 31.5 Å². The molecule has 52 heavy (non-hydrogen) atoms. The summed E-state index contributed by atoms with van der Waals surface area (Å²) < 4.78 is 20.7. The van der Waals surface area contributed by atoms with Crippen molar-refractivity contribution in [2.45, 2.75) is 58.7 Å². The Bertz CT molecular complexity index is 2100. The molecule has 1 fully saturated rings. The van der Waals surface area contributed by atoms with Crippen molar-refractivity contribution in [3.05, 3.63) is 109 Å². The van der Waals surface area contributed by atoms with Crippen molar-refractivity contribution in [3.63, 3.8) is 0 Å². The standard InChI is InChI=1S/C41H44BrN5O5/c1-25-26(2)40(48)45(4)23-34(25)28-20-37(50-5)35(38(21-28)51-6)24-46-16-13-31(14-17-46)52-36-11-8-10-32-27(3)47(18-15-33(32)36)41(49)29(22-43)19-30-9-7-12-39(42)44-30/h7-12,19-21,23,27,31H,13-18,24H2,1-6H3/b29-19+. The number of carbonyl (C=O) groups excluding carboxylic acids is 1. The van der Waals surface area contributed by atoms with Crippen molar-refractivity contribution in [2.75, 3.05) is 33.9 Å². The topological polar surface area (TPSA) is 110 Å². The zero-order valence-corrected chi connectivity index (χ0v) is 32.1. The number of piperidine rings is 1. The average molecular weight is 767 g/mol. The predicted octanol–water partition coefficient (Wildman–Crippen LogP) is 6.94. The van der Waals surface area contributed by atoms with Gasteiger partial charge in [-0.2, -0.15) is 5.26 Å². The number of aryl methyl sites for hydroxylation is 1. The van der Waals surface area contributed by atoms with Gasteiger partial charge in [0, 0.05) is 56.1 Å². The number of rotatable bonds is 9. The van der Waals surface area contributed by atoms with Crippen LogP contribution in [0.15, 0.2) is 69.7 Å². The van der Waals surface area contributed by atoms with Gasteiger partial charge in [-0.3, -0.25) is 14.5 Å². The molecular weight excluding hydrogens is 722 g/mol. The molecule has 1 saturated heterocycles. The number of halogens is 1. The van der Waals surface area contributed by atoms with E-state index in [1.54, 1.807) is 48.9 Å². The first kappa shape index (κ1) is 36.9. The lowest BCUT2D eigenvalue weighted by Gasteiger charge is -2.37. The van der Waals surface area contributed by atoms with Gasteiger partial charge in [0.15, 0.2) is 0 Å². The summed E-state index contributed by atoms with van der Waals surface area (Å²) in [6, 6.07) is 17.4. The van der Waals surface area contributed by atoms with Gasteiger partial charge in [0.25, 0.3) is 11.5 Å². The van der Waals surface area contributed by atoms with Crippen LogP contribution in [0.4, 0.5) is 0 Å². The molecule has 1 unspecified atom stereocenters. The zero-order valence-electron chi connectivity index (χ0n) is 30.5. The van der Waals surface area contributed by atoms with E-state index in [1.165, 1.54) is 0 Å². The maximum Gasteiger partial charge on any atom is 0.265 e. The summed E-state index contributed by atoms with van der Waals surface area (Å²) in [6.07, 6.45) is 5.84. The van der Waals surface area contributed by atoms with E-state index in [-0.39, 0.29) is 29.2 Å². The van der Waals surface area contributed by atoms with Crippen molar-refractivity contribution < 1.29 is 19.0 Å². The molecule has 2 aliphatic rings. The Morgan fingerprint density at radius 2 is 1.71 bits per heavy atom. The third-order valence-corrected chi connectivity index (χ3v) is 10.8. The van der Waals surface area contributed by atoms with E-state index in [4.69, 9.17) is 14.2 Å². The van der Waals surface area contributed by atoms with E-state index >= 15 is 0 Å². The molecule has 4 aromatic rings. The lowest BCUT2D eigenvalue weighted by atomic mass is 9.92. The van der Waals surface area contributed by atoms with E-state index in [0.29, 0.717) is 29.8 Å². The molecule has 0 spiro atoms. The van der Waals surface area contributed by atoms with Crippen LogP contribution < -0.4 is 19.8 Å². The molecule has 10 nitrogen and oxygen atoms in total. The molecule has 0 aliphatic carbocycles. The average Bonchev–Trinajstić information content (AvgIpc) is 3.15. The number of ether oxygens (including phenoxy) is 3. The van der Waals surface area contributed by atoms with Gasteiger partial charge in [0.1, 0.15) is 39.6 Å². The third-order valence-electron chi connectivity index (χ3n) is 10.4. The fourth-order valence-electron chi connectivity index (χ4n) is 7.32. The van der Waals surface area contributed by atoms with Crippen LogP contribution in [0.3, 0.4) is 0 Å². The van der Waals surface area contributed by atoms with Crippen LogP contribution in [-0.2, 0) is 24.8 Å². The predicted molar refractivity (Wildman–Crippen MR) is 204 cm³/mol. The summed E-state index contributed by atoms with van der Waals surface area (Å²) in [4.78, 5) is 34.5. The van der Waals surface area contributed by atoms with Crippen LogP contribution in [0.5, 0.6) is 17.2 Å². The highest BCUT2D eigenvalue weighted by atomic mass is 79.9. The highest BCUT2D eigenvalue weighted by molar-refractivity contribution is 9.10. The number of likely N-dealkylation sites (tertiary alicyclic amines) is 1. The SMILES string of the molecule is COc1cc(-c2cn(C)c(=O)c(C)c2C)cc(OC)c1CN1CCC(Oc2cccc3c2CCN(C(=O)/C(C#N)=C/c2cccc(Br)n2)C3C)CC1. The van der Waals surface area contributed by atoms with Crippen LogP contribution >= 0.6 is 15.9 Å². The van der Waals surface area contributed by atoms with Gasteiger partial charge in [-0.1, -0.05) is 18.2 Å². The lowest BCUT2D eigenvalue weighted by Crippen LogP contribution is -2.40. The van der Waals surface area contributed by atoms with Gasteiger partial charge >= 0.3 is 0 Å². The minimum Gasteiger partial charge on any atom is -0.496 e. The number of fused-ring (bicyclic) bond motifs is 1. The molecule has 0 saturated carbocycles. The molecule has 2 aromatic heterocycles. The Kier molecular flexibility index (Phi) is 11.2. The smallest absolute Gasteiger partial charge is 0.265 e. The van der Waals surface area contributed by atoms with Crippen LogP contribution in [0.25, 0.3) is 17.2 Å². The number of methoxy groups -OCH3 is 2. The van der Waals surface area contributed by atoms with Gasteiger partial charge in [-0.15, -0.1) is 0 Å². The number of benzene rings is 2. The van der Waals surface area contributed by atoms with Crippen LogP contribution in [0.2, 0.25) is 0 Å². The summed E-state index contributed by atoms with van der Waals surface area (Å²) >= 11 is 3.35. The van der Waals surface area contributed by atoms with E-state index in [1.807, 2.05) is 63.4 Å². The van der Waals surface area contributed by atoms with Crippen molar-refractivity contribution in [1.82, 2.24) is 19.4 Å². The number of pyridine rings is 2. The van der Waals surface area contributed by atoms with Crippen LogP contribution in [-0.4, -0.2) is 65.2 Å². The van der Waals surface area contributed by atoms with E-state index in [9.17, 15) is 14.9 Å². The first-order valence-corrected chi connectivity index (χ1v) is 18.3. The number of carbonyl (C=O) groups is 1. The summed E-state index contributed by atoms with van der Waals surface area (Å²) in [5.74, 6) is 2.06. The fourth-order valence-corrected chi connectivity index (χ4v) is 7.68. The van der Waals surface area contributed by atoms with Crippen LogP contribution in [0, 0.1) is 25.2 Å². The summed E-state index contributed by atoms with van der Waals surface area (Å²) in [5.41, 5.74) is 7.32. The second kappa shape index (κ2) is 15.8. The maximum absolute atomic E-state index is 13.5. The maximum atomic E-state index is 13.5. The van der Waals surface area contributed by atoms with E-state index < -0.39 is 0 Å². The van der Waals surface area contributed by atoms with Gasteiger partial charge in [-0.25, -0.2) is 4.98 Å². The molecule has 2 aliphatic heterocycles. The highest BCUT2D eigenvalue weighted by Crippen LogP contribution is 2.39. The Morgan fingerprint density at radius 1 is 1.02 bits per heavy atom. The number of aromatic nitrogens is 2. The van der Waals surface area contributed by atoms with Crippen molar-refractivity contribution in [2.24, 2.45) is 7.05 Å². The minimum absolute atomic E-state index is 0.00100. The second-order valence-electron chi connectivity index (χ2n) is 13.5. The molecule has 1 atom stereocenters. The molecule has 0 radical (unpaired) electrons. The van der Waals surface area contributed by atoms with Gasteiger partial charge in [-0.05, 0) is 109 Å². The van der Waals surface area contributed by atoms with Crippen molar-refractivity contribution in [1.29, 1.82) is 5.26 Å². The molecule has 0 bridgehead atoms. The van der Waals surface area contributed by atoms with E-state index in [2.05, 4.69) is 31.9 Å². The molecular formula is C41H44BrN5O5. The fraction of sp³-hybridized carbons (Fsp3) is 0.366. The Labute approximate surface area is 313 Å². The number of amides is 1. The quantitative estimate of drug-likeness (QED) is 0.102. The summed E-state index contributed by atoms with van der Waals surface area (Å²) in [5, 5.41) is 9.86. The minimum atomic E-state index is -0.304. The van der Waals surface area contributed by atoms with Crippen molar-refractivity contribution >= 4 is 27.9 Å². The number of hydrogen-bond acceptors (Lipinski definition) is 8. The Balaban J connectivity index is 1.12. The van der Waals surface area contributed by atoms with Gasteiger partial charge in [0.2, 0.25) is 0 Å². The molecule has 4 heterocycles.